The number of piperidine rings is 1. The number of carbonyl (C=O) groups excluding carboxylic acids is 1. The molecule has 18 heavy (non-hydrogen) atoms. The van der Waals surface area contributed by atoms with E-state index in [9.17, 15) is 4.79 Å². The molecule has 2 atom stereocenters. The van der Waals surface area contributed by atoms with Crippen LogP contribution in [0.25, 0.3) is 0 Å². The zero-order valence-electron chi connectivity index (χ0n) is 10.7. The zero-order valence-corrected chi connectivity index (χ0v) is 10.7. The number of likely N-dealkylation sites (tertiary alicyclic amines) is 1. The van der Waals surface area contributed by atoms with Crippen LogP contribution in [0.15, 0.2) is 30.3 Å². The summed E-state index contributed by atoms with van der Waals surface area (Å²) in [6.45, 7) is 1.51. The topological polar surface area (TPSA) is 55.6 Å². The van der Waals surface area contributed by atoms with Crippen molar-refractivity contribution in [1.82, 2.24) is 4.90 Å². The highest BCUT2D eigenvalue weighted by molar-refractivity contribution is 5.77. The monoisotopic (exact) mass is 248 g/mol. The summed E-state index contributed by atoms with van der Waals surface area (Å²) in [5.41, 5.74) is 7.47. The van der Waals surface area contributed by atoms with E-state index in [0.29, 0.717) is 12.5 Å². The molecule has 1 fully saturated rings. The quantitative estimate of drug-likeness (QED) is 0.867. The number of rotatable bonds is 3. The lowest BCUT2D eigenvalue weighted by molar-refractivity contribution is -0.136. The molecule has 1 aliphatic heterocycles. The van der Waals surface area contributed by atoms with Crippen LogP contribution < -0.4 is 5.73 Å². The van der Waals surface area contributed by atoms with Gasteiger partial charge in [0.1, 0.15) is 6.61 Å². The van der Waals surface area contributed by atoms with Crippen LogP contribution >= 0.6 is 0 Å². The molecule has 1 heterocycles. The van der Waals surface area contributed by atoms with E-state index in [-0.39, 0.29) is 18.6 Å². The summed E-state index contributed by atoms with van der Waals surface area (Å²) in [4.78, 5) is 13.5. The van der Waals surface area contributed by atoms with E-state index in [2.05, 4.69) is 12.1 Å². The van der Waals surface area contributed by atoms with Crippen molar-refractivity contribution in [2.45, 2.75) is 18.4 Å². The summed E-state index contributed by atoms with van der Waals surface area (Å²) in [6.07, 6.45) is 0.917. The van der Waals surface area contributed by atoms with Crippen molar-refractivity contribution in [3.8, 4) is 0 Å². The van der Waals surface area contributed by atoms with Crippen molar-refractivity contribution in [2.75, 3.05) is 26.8 Å². The maximum Gasteiger partial charge on any atom is 0.248 e. The van der Waals surface area contributed by atoms with Crippen LogP contribution in [0.3, 0.4) is 0 Å². The van der Waals surface area contributed by atoms with Crippen LogP contribution in [0.2, 0.25) is 0 Å². The Morgan fingerprint density at radius 1 is 1.44 bits per heavy atom. The van der Waals surface area contributed by atoms with Gasteiger partial charge in [0.25, 0.3) is 0 Å². The number of hydrogen-bond acceptors (Lipinski definition) is 3. The van der Waals surface area contributed by atoms with Crippen LogP contribution in [-0.4, -0.2) is 43.7 Å². The molecule has 98 valence electrons. The standard InChI is InChI=1S/C14H20N2O2/c1-18-10-14(17)16-8-7-12(13(15)9-16)11-5-3-2-4-6-11/h2-6,12-13H,7-10,15H2,1H3. The van der Waals surface area contributed by atoms with Gasteiger partial charge in [0.15, 0.2) is 0 Å². The highest BCUT2D eigenvalue weighted by Crippen LogP contribution is 2.27. The molecular weight excluding hydrogens is 228 g/mol. The molecule has 4 heteroatoms. The Bertz CT molecular complexity index is 394. The Kier molecular flexibility index (Phi) is 4.33. The number of nitrogens with two attached hydrogens (primary N) is 1. The first kappa shape index (κ1) is 13.1. The van der Waals surface area contributed by atoms with Crippen molar-refractivity contribution in [3.63, 3.8) is 0 Å². The number of ether oxygens (including phenoxy) is 1. The zero-order chi connectivity index (χ0) is 13.0. The van der Waals surface area contributed by atoms with Gasteiger partial charge in [-0.05, 0) is 12.0 Å². The average molecular weight is 248 g/mol. The minimum absolute atomic E-state index is 0.00181. The van der Waals surface area contributed by atoms with Crippen molar-refractivity contribution in [2.24, 2.45) is 5.73 Å². The van der Waals surface area contributed by atoms with Gasteiger partial charge >= 0.3 is 0 Å². The molecule has 0 saturated carbocycles. The summed E-state index contributed by atoms with van der Waals surface area (Å²) < 4.78 is 4.87. The minimum atomic E-state index is 0.00181. The number of hydrogen-bond donors (Lipinski definition) is 1. The van der Waals surface area contributed by atoms with Crippen LogP contribution in [-0.2, 0) is 9.53 Å². The molecule has 1 amide bonds. The fourth-order valence-electron chi connectivity index (χ4n) is 2.54. The molecule has 1 aromatic rings. The summed E-state index contributed by atoms with van der Waals surface area (Å²) in [6, 6.07) is 10.3. The van der Waals surface area contributed by atoms with Gasteiger partial charge in [0.05, 0.1) is 0 Å². The fourth-order valence-corrected chi connectivity index (χ4v) is 2.54. The van der Waals surface area contributed by atoms with Crippen LogP contribution in [0.1, 0.15) is 17.9 Å². The second kappa shape index (κ2) is 5.98. The molecule has 4 nitrogen and oxygen atoms in total. The third kappa shape index (κ3) is 2.89. The summed E-state index contributed by atoms with van der Waals surface area (Å²) in [5, 5.41) is 0. The first-order valence-corrected chi connectivity index (χ1v) is 6.29. The van der Waals surface area contributed by atoms with Crippen LogP contribution in [0.5, 0.6) is 0 Å². The molecule has 0 radical (unpaired) electrons. The van der Waals surface area contributed by atoms with Gasteiger partial charge in [0, 0.05) is 32.2 Å². The second-order valence-corrected chi connectivity index (χ2v) is 4.74. The van der Waals surface area contributed by atoms with Crippen molar-refractivity contribution in [3.05, 3.63) is 35.9 Å². The van der Waals surface area contributed by atoms with Crippen LogP contribution in [0, 0.1) is 0 Å². The van der Waals surface area contributed by atoms with Gasteiger partial charge in [-0.15, -0.1) is 0 Å². The minimum Gasteiger partial charge on any atom is -0.375 e. The molecular formula is C14H20N2O2. The molecule has 2 rings (SSSR count). The van der Waals surface area contributed by atoms with E-state index in [1.54, 1.807) is 4.90 Å². The van der Waals surface area contributed by atoms with Gasteiger partial charge in [-0.2, -0.15) is 0 Å². The number of nitrogens with zero attached hydrogens (tertiary/aromatic N) is 1. The van der Waals surface area contributed by atoms with E-state index >= 15 is 0 Å². The van der Waals surface area contributed by atoms with Crippen molar-refractivity contribution in [1.29, 1.82) is 0 Å². The maximum absolute atomic E-state index is 11.7. The fraction of sp³-hybridized carbons (Fsp3) is 0.500. The number of benzene rings is 1. The normalized spacial score (nSPS) is 24.0. The predicted octanol–water partition coefficient (Wildman–Crippen LogP) is 0.976. The van der Waals surface area contributed by atoms with Gasteiger partial charge in [-0.25, -0.2) is 0 Å². The molecule has 0 aliphatic carbocycles. The largest absolute Gasteiger partial charge is 0.375 e. The SMILES string of the molecule is COCC(=O)N1CCC(c2ccccc2)C(N)C1. The molecule has 0 bridgehead atoms. The number of carbonyl (C=O) groups is 1. The van der Waals surface area contributed by atoms with E-state index in [4.69, 9.17) is 10.5 Å². The molecule has 0 spiro atoms. The highest BCUT2D eigenvalue weighted by atomic mass is 16.5. The third-order valence-corrected chi connectivity index (χ3v) is 3.51. The predicted molar refractivity (Wildman–Crippen MR) is 70.2 cm³/mol. The summed E-state index contributed by atoms with van der Waals surface area (Å²) >= 11 is 0. The van der Waals surface area contributed by atoms with E-state index in [0.717, 1.165) is 13.0 Å². The Morgan fingerprint density at radius 3 is 2.78 bits per heavy atom. The van der Waals surface area contributed by atoms with Gasteiger partial charge in [-0.1, -0.05) is 30.3 Å². The Morgan fingerprint density at radius 2 is 2.17 bits per heavy atom. The molecule has 2 unspecified atom stereocenters. The van der Waals surface area contributed by atoms with Crippen molar-refractivity contribution >= 4 is 5.91 Å². The third-order valence-electron chi connectivity index (χ3n) is 3.51. The molecule has 0 aromatic heterocycles. The molecule has 1 aliphatic rings. The first-order valence-electron chi connectivity index (χ1n) is 6.29. The van der Waals surface area contributed by atoms with E-state index in [1.165, 1.54) is 12.7 Å². The lowest BCUT2D eigenvalue weighted by Gasteiger charge is -2.36. The van der Waals surface area contributed by atoms with Crippen molar-refractivity contribution < 1.29 is 9.53 Å². The smallest absolute Gasteiger partial charge is 0.248 e. The highest BCUT2D eigenvalue weighted by Gasteiger charge is 2.29. The molecule has 1 aromatic carbocycles. The lowest BCUT2D eigenvalue weighted by atomic mass is 9.86. The van der Waals surface area contributed by atoms with Gasteiger partial charge in [-0.3, -0.25) is 4.79 Å². The molecule has 2 N–H and O–H groups in total. The summed E-state index contributed by atoms with van der Waals surface area (Å²) in [5.74, 6) is 0.372. The average Bonchev–Trinajstić information content (AvgIpc) is 2.40. The summed E-state index contributed by atoms with van der Waals surface area (Å²) in [7, 11) is 1.54. The number of amides is 1. The van der Waals surface area contributed by atoms with E-state index in [1.807, 2.05) is 18.2 Å². The lowest BCUT2D eigenvalue weighted by Crippen LogP contribution is -2.50. The number of methoxy groups -OCH3 is 1. The first-order chi connectivity index (χ1) is 8.72. The molecule has 1 saturated heterocycles. The Hall–Kier alpha value is -1.39. The maximum atomic E-state index is 11.7. The Balaban J connectivity index is 1.99. The van der Waals surface area contributed by atoms with Gasteiger partial charge in [0.2, 0.25) is 5.91 Å². The van der Waals surface area contributed by atoms with Gasteiger partial charge < -0.3 is 15.4 Å². The van der Waals surface area contributed by atoms with E-state index < -0.39 is 0 Å². The Labute approximate surface area is 108 Å². The second-order valence-electron chi connectivity index (χ2n) is 4.74. The van der Waals surface area contributed by atoms with Crippen LogP contribution in [0.4, 0.5) is 0 Å².